The Kier molecular flexibility index (Phi) is 4.49. The Bertz CT molecular complexity index is 734. The number of hydrogen-bond donors (Lipinski definition) is 1. The van der Waals surface area contributed by atoms with E-state index < -0.39 is 10.3 Å². The van der Waals surface area contributed by atoms with Crippen molar-refractivity contribution in [3.8, 4) is 0 Å². The van der Waals surface area contributed by atoms with Crippen LogP contribution >= 0.6 is 0 Å². The van der Waals surface area contributed by atoms with Crippen molar-refractivity contribution in [3.63, 3.8) is 0 Å². The van der Waals surface area contributed by atoms with Crippen molar-refractivity contribution in [2.75, 3.05) is 5.32 Å². The summed E-state index contributed by atoms with van der Waals surface area (Å²) in [5, 5.41) is 3.14. The molecular weight excluding hydrogens is 278 g/mol. The number of hydrogen-bond acceptors (Lipinski definition) is 4. The lowest BCUT2D eigenvalue weighted by atomic mass is 10.1. The normalized spacial score (nSPS) is 13.7. The van der Waals surface area contributed by atoms with E-state index in [0.717, 1.165) is 11.4 Å². The van der Waals surface area contributed by atoms with Crippen molar-refractivity contribution in [2.45, 2.75) is 6.42 Å². The van der Waals surface area contributed by atoms with Gasteiger partial charge >= 0.3 is 5.71 Å². The predicted octanol–water partition coefficient (Wildman–Crippen LogP) is 1.60. The molecule has 0 fully saturated rings. The van der Waals surface area contributed by atoms with E-state index in [1.54, 1.807) is 6.08 Å². The molecule has 0 saturated carbocycles. The van der Waals surface area contributed by atoms with Gasteiger partial charge < -0.3 is 15.6 Å². The van der Waals surface area contributed by atoms with Crippen LogP contribution in [-0.4, -0.2) is 24.5 Å². The van der Waals surface area contributed by atoms with Crippen LogP contribution < -0.4 is 5.32 Å². The highest BCUT2D eigenvalue weighted by atomic mass is 32.2. The average Bonchev–Trinajstić information content (AvgIpc) is 2.46. The first-order valence-corrected chi connectivity index (χ1v) is 6.86. The van der Waals surface area contributed by atoms with Crippen LogP contribution in [-0.2, 0) is 15.0 Å². The highest BCUT2D eigenvalue weighted by Crippen LogP contribution is 2.17. The van der Waals surface area contributed by atoms with Crippen LogP contribution in [0.5, 0.6) is 0 Å². The molecule has 1 aromatic carbocycles. The summed E-state index contributed by atoms with van der Waals surface area (Å²) in [5.41, 5.74) is 11.4. The molecule has 0 saturated heterocycles. The van der Waals surface area contributed by atoms with Crippen LogP contribution in [0.3, 0.4) is 0 Å². The number of para-hydroxylation sites is 1. The van der Waals surface area contributed by atoms with Gasteiger partial charge in [0.05, 0.1) is 6.42 Å². The Balaban J connectivity index is 2.22. The van der Waals surface area contributed by atoms with Crippen molar-refractivity contribution in [3.05, 3.63) is 59.5 Å². The first-order valence-electron chi connectivity index (χ1n) is 5.72. The second-order valence-electron chi connectivity index (χ2n) is 3.88. The third-order valence-electron chi connectivity index (χ3n) is 2.52. The maximum atomic E-state index is 10.5. The lowest BCUT2D eigenvalue weighted by Crippen LogP contribution is -2.13. The topological polar surface area (TPSA) is 91.8 Å². The molecule has 0 spiro atoms. The maximum absolute atomic E-state index is 10.5. The molecule has 7 heteroatoms. The van der Waals surface area contributed by atoms with E-state index in [1.165, 1.54) is 0 Å². The van der Waals surface area contributed by atoms with E-state index >= 15 is 0 Å². The number of rotatable bonds is 4. The third-order valence-corrected chi connectivity index (χ3v) is 2.78. The summed E-state index contributed by atoms with van der Waals surface area (Å²) in [6, 6.07) is 9.47. The number of anilines is 1. The largest absolute Gasteiger partial charge is 0.441 e. The fraction of sp³-hybridized carbons (Fsp3) is 0.0769. The van der Waals surface area contributed by atoms with Gasteiger partial charge in [-0.1, -0.05) is 18.2 Å². The quantitative estimate of drug-likeness (QED) is 0.517. The Morgan fingerprint density at radius 2 is 2.05 bits per heavy atom. The molecule has 2 rings (SSSR count). The molecule has 1 aromatic rings. The minimum Gasteiger partial charge on any atom is -0.441 e. The molecule has 0 aromatic heterocycles. The van der Waals surface area contributed by atoms with Gasteiger partial charge in [-0.3, -0.25) is 0 Å². The smallest absolute Gasteiger partial charge is 0.337 e. The number of allylic oxidation sites excluding steroid dienone is 3. The standard InChI is InChI=1S/C13H11N3O3S/c14-16-12-7-6-11(8-13(12)19-9-20(17)18)15-10-4-2-1-3-5-10/h1-6,8-9,15H,7H2. The molecule has 0 bridgehead atoms. The molecule has 1 N–H and O–H groups in total. The van der Waals surface area contributed by atoms with E-state index in [4.69, 9.17) is 10.3 Å². The molecular formula is C13H11N3O3S. The molecule has 0 radical (unpaired) electrons. The summed E-state index contributed by atoms with van der Waals surface area (Å²) in [7, 11) is -2.45. The van der Waals surface area contributed by atoms with Gasteiger partial charge in [0.15, 0.2) is 0 Å². The fourth-order valence-electron chi connectivity index (χ4n) is 1.65. The zero-order chi connectivity index (χ0) is 14.4. The fourth-order valence-corrected chi connectivity index (χ4v) is 1.83. The zero-order valence-corrected chi connectivity index (χ0v) is 11.2. The van der Waals surface area contributed by atoms with E-state index in [-0.39, 0.29) is 11.5 Å². The van der Waals surface area contributed by atoms with Crippen LogP contribution in [0.4, 0.5) is 5.69 Å². The van der Waals surface area contributed by atoms with E-state index in [0.29, 0.717) is 12.0 Å². The second kappa shape index (κ2) is 6.51. The molecule has 0 amide bonds. The number of nitrogens with zero attached hydrogens (tertiary/aromatic N) is 2. The average molecular weight is 289 g/mol. The lowest BCUT2D eigenvalue weighted by molar-refractivity contribution is -0.00941. The van der Waals surface area contributed by atoms with Crippen molar-refractivity contribution in [1.29, 1.82) is 0 Å². The van der Waals surface area contributed by atoms with Gasteiger partial charge in [0.1, 0.15) is 0 Å². The van der Waals surface area contributed by atoms with Crippen LogP contribution in [0.2, 0.25) is 0 Å². The maximum Gasteiger partial charge on any atom is 0.337 e. The summed E-state index contributed by atoms with van der Waals surface area (Å²) in [6.45, 7) is 0. The number of ether oxygens (including phenoxy) is 1. The molecule has 0 unspecified atom stereocenters. The van der Waals surface area contributed by atoms with Gasteiger partial charge in [0.25, 0.3) is 0 Å². The van der Waals surface area contributed by atoms with Gasteiger partial charge in [-0.25, -0.2) is 0 Å². The first kappa shape index (κ1) is 13.8. The molecule has 0 atom stereocenters. The monoisotopic (exact) mass is 289 g/mol. The lowest BCUT2D eigenvalue weighted by Gasteiger charge is -2.11. The number of nitrogens with one attached hydrogen (secondary N) is 1. The van der Waals surface area contributed by atoms with Gasteiger partial charge in [-0.2, -0.15) is 13.2 Å². The Morgan fingerprint density at radius 3 is 2.70 bits per heavy atom. The molecule has 102 valence electrons. The highest BCUT2D eigenvalue weighted by Gasteiger charge is 2.21. The van der Waals surface area contributed by atoms with E-state index in [9.17, 15) is 8.42 Å². The minimum absolute atomic E-state index is 0.178. The number of benzene rings is 1. The van der Waals surface area contributed by atoms with Crippen molar-refractivity contribution in [2.24, 2.45) is 0 Å². The van der Waals surface area contributed by atoms with Crippen molar-refractivity contribution in [1.82, 2.24) is 0 Å². The predicted molar refractivity (Wildman–Crippen MR) is 75.5 cm³/mol. The van der Waals surface area contributed by atoms with Crippen LogP contribution in [0, 0.1) is 0 Å². The first-order chi connectivity index (χ1) is 9.69. The van der Waals surface area contributed by atoms with Gasteiger partial charge in [-0.05, 0) is 18.2 Å². The molecule has 0 aliphatic heterocycles. The summed E-state index contributed by atoms with van der Waals surface area (Å²) in [4.78, 5) is 3.08. The minimum atomic E-state index is -2.45. The molecule has 6 nitrogen and oxygen atoms in total. The van der Waals surface area contributed by atoms with E-state index in [2.05, 4.69) is 10.1 Å². The van der Waals surface area contributed by atoms with E-state index in [1.807, 2.05) is 36.4 Å². The highest BCUT2D eigenvalue weighted by molar-refractivity contribution is 7.71. The SMILES string of the molecule is [N-]=[N+]=C1CC=C(Nc2ccccc2)C=C1OC=S(=O)=O. The Morgan fingerprint density at radius 1 is 1.30 bits per heavy atom. The van der Waals surface area contributed by atoms with Crippen molar-refractivity contribution >= 4 is 27.2 Å². The van der Waals surface area contributed by atoms with Gasteiger partial charge in [-0.15, -0.1) is 0 Å². The Labute approximate surface area is 117 Å². The third kappa shape index (κ3) is 3.68. The molecule has 20 heavy (non-hydrogen) atoms. The molecule has 1 aliphatic carbocycles. The molecule has 1 aliphatic rings. The summed E-state index contributed by atoms with van der Waals surface area (Å²) >= 11 is 0. The van der Waals surface area contributed by atoms with Crippen LogP contribution in [0.15, 0.2) is 53.9 Å². The van der Waals surface area contributed by atoms with Gasteiger partial charge in [0, 0.05) is 17.5 Å². The van der Waals surface area contributed by atoms with Crippen molar-refractivity contribution < 1.29 is 17.9 Å². The second-order valence-corrected chi connectivity index (χ2v) is 4.60. The van der Waals surface area contributed by atoms with Crippen LogP contribution in [0.1, 0.15) is 6.42 Å². The Hall–Kier alpha value is -2.63. The zero-order valence-electron chi connectivity index (χ0n) is 10.4. The summed E-state index contributed by atoms with van der Waals surface area (Å²) < 4.78 is 25.9. The summed E-state index contributed by atoms with van der Waals surface area (Å²) in [5.74, 6) is 0.178. The molecule has 0 heterocycles. The van der Waals surface area contributed by atoms with Gasteiger partial charge in [0.2, 0.25) is 21.6 Å². The van der Waals surface area contributed by atoms with Crippen LogP contribution in [0.25, 0.3) is 5.53 Å². The summed E-state index contributed by atoms with van der Waals surface area (Å²) in [6.07, 6.45) is 3.70.